The van der Waals surface area contributed by atoms with Crippen molar-refractivity contribution >= 4 is 10.0 Å². The fourth-order valence-corrected chi connectivity index (χ4v) is 2.20. The minimum atomic E-state index is -3.60. The van der Waals surface area contributed by atoms with Crippen LogP contribution < -0.4 is 4.89 Å². The largest absolute Gasteiger partial charge is 0.284 e. The molecule has 0 amide bonds. The second-order valence-electron chi connectivity index (χ2n) is 4.19. The Morgan fingerprint density at radius 2 is 2.00 bits per heavy atom. The second kappa shape index (κ2) is 6.68. The van der Waals surface area contributed by atoms with Crippen LogP contribution in [-0.2, 0) is 14.9 Å². The van der Waals surface area contributed by atoms with E-state index >= 15 is 0 Å². The molecular formula is C13H19NO3S. The Balaban J connectivity index is 2.60. The lowest BCUT2D eigenvalue weighted by molar-refractivity contribution is 0.0249. The van der Waals surface area contributed by atoms with E-state index in [4.69, 9.17) is 4.84 Å². The summed E-state index contributed by atoms with van der Waals surface area (Å²) in [5.74, 6) is 0. The number of rotatable bonds is 7. The molecule has 100 valence electrons. The molecule has 1 aromatic carbocycles. The van der Waals surface area contributed by atoms with Crippen LogP contribution in [0.2, 0.25) is 0 Å². The van der Waals surface area contributed by atoms with Gasteiger partial charge >= 0.3 is 0 Å². The van der Waals surface area contributed by atoms with Crippen molar-refractivity contribution in [2.75, 3.05) is 0 Å². The zero-order valence-corrected chi connectivity index (χ0v) is 11.5. The molecule has 1 rings (SSSR count). The molecule has 0 aliphatic heterocycles. The second-order valence-corrected chi connectivity index (χ2v) is 5.84. The molecule has 1 aromatic rings. The van der Waals surface area contributed by atoms with Crippen LogP contribution in [0.15, 0.2) is 41.8 Å². The Hall–Kier alpha value is -1.17. The van der Waals surface area contributed by atoms with Crippen molar-refractivity contribution in [2.24, 2.45) is 0 Å². The Morgan fingerprint density at radius 1 is 1.39 bits per heavy atom. The number of aryl methyl sites for hydroxylation is 1. The Bertz CT molecular complexity index is 479. The molecule has 0 aromatic heterocycles. The first-order valence-corrected chi connectivity index (χ1v) is 7.29. The van der Waals surface area contributed by atoms with Gasteiger partial charge in [0.25, 0.3) is 10.0 Å². The molecule has 0 aliphatic carbocycles. The number of hydrogen-bond acceptors (Lipinski definition) is 3. The summed E-state index contributed by atoms with van der Waals surface area (Å²) in [7, 11) is -3.60. The van der Waals surface area contributed by atoms with Gasteiger partial charge in [0.2, 0.25) is 0 Å². The average Bonchev–Trinajstić information content (AvgIpc) is 2.34. The molecule has 0 saturated heterocycles. The quantitative estimate of drug-likeness (QED) is 0.611. The van der Waals surface area contributed by atoms with Gasteiger partial charge in [-0.25, -0.2) is 8.42 Å². The van der Waals surface area contributed by atoms with E-state index in [9.17, 15) is 8.42 Å². The van der Waals surface area contributed by atoms with Gasteiger partial charge in [0, 0.05) is 0 Å². The van der Waals surface area contributed by atoms with Crippen LogP contribution in [0.25, 0.3) is 0 Å². The summed E-state index contributed by atoms with van der Waals surface area (Å²) < 4.78 is 23.7. The molecule has 1 atom stereocenters. The molecule has 0 heterocycles. The van der Waals surface area contributed by atoms with Gasteiger partial charge in [0.1, 0.15) is 0 Å². The predicted octanol–water partition coefficient (Wildman–Crippen LogP) is 2.56. The summed E-state index contributed by atoms with van der Waals surface area (Å²) in [6, 6.07) is 6.59. The Labute approximate surface area is 109 Å². The van der Waals surface area contributed by atoms with Crippen molar-refractivity contribution in [1.82, 2.24) is 4.89 Å². The van der Waals surface area contributed by atoms with Gasteiger partial charge < -0.3 is 0 Å². The number of benzene rings is 1. The fraction of sp³-hybridized carbons (Fsp3) is 0.385. The van der Waals surface area contributed by atoms with E-state index in [-0.39, 0.29) is 11.0 Å². The first kappa shape index (κ1) is 14.9. The lowest BCUT2D eigenvalue weighted by atomic mass is 10.2. The molecular weight excluding hydrogens is 250 g/mol. The van der Waals surface area contributed by atoms with Crippen LogP contribution in [0.3, 0.4) is 0 Å². The first-order chi connectivity index (χ1) is 8.45. The number of hydrogen-bond donors (Lipinski definition) is 1. The standard InChI is InChI=1S/C13H19NO3S/c1-4-5-6-12(3)17-14-18(15,16)13-9-7-11(2)8-10-13/h4,7-10,12,14H,1,5-6H2,2-3H3. The van der Waals surface area contributed by atoms with Crippen LogP contribution >= 0.6 is 0 Å². The van der Waals surface area contributed by atoms with Crippen molar-refractivity contribution in [3.8, 4) is 0 Å². The van der Waals surface area contributed by atoms with Crippen molar-refractivity contribution < 1.29 is 13.3 Å². The summed E-state index contributed by atoms with van der Waals surface area (Å²) in [6.07, 6.45) is 3.09. The molecule has 0 saturated carbocycles. The number of allylic oxidation sites excluding steroid dienone is 1. The number of sulfonamides is 1. The van der Waals surface area contributed by atoms with E-state index in [1.807, 2.05) is 6.92 Å². The molecule has 5 heteroatoms. The monoisotopic (exact) mass is 269 g/mol. The van der Waals surface area contributed by atoms with E-state index in [0.29, 0.717) is 0 Å². The van der Waals surface area contributed by atoms with E-state index in [1.54, 1.807) is 37.3 Å². The number of nitrogens with one attached hydrogen (secondary N) is 1. The fourth-order valence-electron chi connectivity index (χ4n) is 1.32. The first-order valence-electron chi connectivity index (χ1n) is 5.80. The third-order valence-electron chi connectivity index (χ3n) is 2.47. The molecule has 0 aliphatic rings. The summed E-state index contributed by atoms with van der Waals surface area (Å²) in [4.78, 5) is 7.45. The lowest BCUT2D eigenvalue weighted by Crippen LogP contribution is -2.28. The summed E-state index contributed by atoms with van der Waals surface area (Å²) in [5, 5.41) is 0. The molecule has 4 nitrogen and oxygen atoms in total. The summed E-state index contributed by atoms with van der Waals surface area (Å²) in [5.41, 5.74) is 1.01. The van der Waals surface area contributed by atoms with Crippen LogP contribution in [0.4, 0.5) is 0 Å². The Morgan fingerprint density at radius 3 is 2.56 bits per heavy atom. The van der Waals surface area contributed by atoms with E-state index < -0.39 is 10.0 Å². The van der Waals surface area contributed by atoms with Crippen molar-refractivity contribution in [1.29, 1.82) is 0 Å². The maximum absolute atomic E-state index is 11.9. The van der Waals surface area contributed by atoms with Gasteiger partial charge in [0.05, 0.1) is 11.0 Å². The molecule has 0 radical (unpaired) electrons. The van der Waals surface area contributed by atoms with E-state index in [1.165, 1.54) is 0 Å². The zero-order valence-electron chi connectivity index (χ0n) is 10.7. The third kappa shape index (κ3) is 4.60. The van der Waals surface area contributed by atoms with Crippen LogP contribution in [0.5, 0.6) is 0 Å². The average molecular weight is 269 g/mol. The van der Waals surface area contributed by atoms with Crippen LogP contribution in [0.1, 0.15) is 25.3 Å². The van der Waals surface area contributed by atoms with Gasteiger partial charge in [-0.05, 0) is 38.8 Å². The van der Waals surface area contributed by atoms with Crippen molar-refractivity contribution in [2.45, 2.75) is 37.7 Å². The van der Waals surface area contributed by atoms with Gasteiger partial charge in [-0.3, -0.25) is 4.84 Å². The highest BCUT2D eigenvalue weighted by molar-refractivity contribution is 7.89. The molecule has 18 heavy (non-hydrogen) atoms. The normalized spacial score (nSPS) is 13.2. The molecule has 0 fully saturated rings. The third-order valence-corrected chi connectivity index (χ3v) is 3.68. The van der Waals surface area contributed by atoms with Crippen LogP contribution in [-0.4, -0.2) is 14.5 Å². The SMILES string of the molecule is C=CCCC(C)ONS(=O)(=O)c1ccc(C)cc1. The zero-order chi connectivity index (χ0) is 13.6. The highest BCUT2D eigenvalue weighted by Crippen LogP contribution is 2.10. The minimum absolute atomic E-state index is 0.191. The maximum atomic E-state index is 11.9. The van der Waals surface area contributed by atoms with Crippen molar-refractivity contribution in [3.05, 3.63) is 42.5 Å². The summed E-state index contributed by atoms with van der Waals surface area (Å²) >= 11 is 0. The highest BCUT2D eigenvalue weighted by atomic mass is 32.2. The van der Waals surface area contributed by atoms with Crippen molar-refractivity contribution in [3.63, 3.8) is 0 Å². The topological polar surface area (TPSA) is 55.4 Å². The van der Waals surface area contributed by atoms with Gasteiger partial charge in [-0.1, -0.05) is 28.7 Å². The van der Waals surface area contributed by atoms with Gasteiger partial charge in [0.15, 0.2) is 0 Å². The highest BCUT2D eigenvalue weighted by Gasteiger charge is 2.15. The van der Waals surface area contributed by atoms with E-state index in [0.717, 1.165) is 18.4 Å². The maximum Gasteiger partial charge on any atom is 0.262 e. The minimum Gasteiger partial charge on any atom is -0.284 e. The van der Waals surface area contributed by atoms with Gasteiger partial charge in [-0.15, -0.1) is 6.58 Å². The molecule has 1 unspecified atom stereocenters. The van der Waals surface area contributed by atoms with Gasteiger partial charge in [-0.2, -0.15) is 0 Å². The Kier molecular flexibility index (Phi) is 5.53. The lowest BCUT2D eigenvalue weighted by Gasteiger charge is -2.12. The van der Waals surface area contributed by atoms with Crippen LogP contribution in [0, 0.1) is 6.92 Å². The molecule has 0 bridgehead atoms. The van der Waals surface area contributed by atoms with E-state index in [2.05, 4.69) is 11.5 Å². The smallest absolute Gasteiger partial charge is 0.262 e. The molecule has 1 N–H and O–H groups in total. The predicted molar refractivity (Wildman–Crippen MR) is 71.5 cm³/mol. The molecule has 0 spiro atoms. The summed E-state index contributed by atoms with van der Waals surface area (Å²) in [6.45, 7) is 7.31.